The Bertz CT molecular complexity index is 900. The van der Waals surface area contributed by atoms with Crippen molar-refractivity contribution in [3.8, 4) is 16.5 Å². The Morgan fingerprint density at radius 3 is 2.88 bits per heavy atom. The summed E-state index contributed by atoms with van der Waals surface area (Å²) in [5.74, 6) is 0.0821. The molecule has 0 bridgehead atoms. The van der Waals surface area contributed by atoms with Gasteiger partial charge in [0.1, 0.15) is 18.4 Å². The van der Waals surface area contributed by atoms with E-state index in [4.69, 9.17) is 18.8 Å². The lowest BCUT2D eigenvalue weighted by molar-refractivity contribution is -0.128. The predicted octanol–water partition coefficient (Wildman–Crippen LogP) is 0.868. The van der Waals surface area contributed by atoms with Gasteiger partial charge in [0.15, 0.2) is 5.96 Å². The summed E-state index contributed by atoms with van der Waals surface area (Å²) in [4.78, 5) is 23.2. The minimum Gasteiger partial charge on any atom is -0.369 e. The number of nitrogens with two attached hydrogens (primary N) is 1. The molecule has 1 aromatic carbocycles. The Hall–Kier alpha value is -2.66. The number of aromatic nitrogens is 1. The maximum atomic E-state index is 12.1. The van der Waals surface area contributed by atoms with Gasteiger partial charge >= 0.3 is 0 Å². The molecular formula is C16H14BN5OS. The van der Waals surface area contributed by atoms with Crippen LogP contribution in [-0.4, -0.2) is 36.6 Å². The fourth-order valence-electron chi connectivity index (χ4n) is 2.55. The van der Waals surface area contributed by atoms with Crippen molar-refractivity contribution in [2.24, 2.45) is 10.7 Å². The Morgan fingerprint density at radius 1 is 1.46 bits per heavy atom. The molecule has 2 aromatic rings. The lowest BCUT2D eigenvalue weighted by atomic mass is 9.92. The highest BCUT2D eigenvalue weighted by Crippen LogP contribution is 2.38. The lowest BCUT2D eigenvalue weighted by Gasteiger charge is -2.31. The molecule has 1 aliphatic heterocycles. The summed E-state index contributed by atoms with van der Waals surface area (Å²) in [5, 5.41) is 9.77. The summed E-state index contributed by atoms with van der Waals surface area (Å²) in [6.45, 7) is 1.84. The van der Waals surface area contributed by atoms with Crippen LogP contribution in [0.4, 0.5) is 0 Å². The van der Waals surface area contributed by atoms with E-state index in [2.05, 4.69) is 16.0 Å². The predicted molar refractivity (Wildman–Crippen MR) is 94.0 cm³/mol. The third-order valence-electron chi connectivity index (χ3n) is 3.91. The van der Waals surface area contributed by atoms with E-state index in [1.165, 1.54) is 16.2 Å². The van der Waals surface area contributed by atoms with Gasteiger partial charge in [0, 0.05) is 13.2 Å². The van der Waals surface area contributed by atoms with Crippen molar-refractivity contribution < 1.29 is 4.79 Å². The van der Waals surface area contributed by atoms with Gasteiger partial charge in [0.2, 0.25) is 5.91 Å². The molecule has 3 rings (SSSR count). The van der Waals surface area contributed by atoms with Crippen molar-refractivity contribution in [3.63, 3.8) is 0 Å². The van der Waals surface area contributed by atoms with Crippen LogP contribution in [0.3, 0.4) is 0 Å². The summed E-state index contributed by atoms with van der Waals surface area (Å²) in [6.07, 6.45) is 1.91. The molecule has 0 unspecified atom stereocenters. The molecule has 0 fully saturated rings. The minimum atomic E-state index is -0.783. The highest BCUT2D eigenvalue weighted by atomic mass is 32.1. The van der Waals surface area contributed by atoms with Crippen LogP contribution in [0.15, 0.2) is 29.4 Å². The van der Waals surface area contributed by atoms with Crippen LogP contribution in [0.5, 0.6) is 0 Å². The van der Waals surface area contributed by atoms with Gasteiger partial charge in [-0.1, -0.05) is 17.6 Å². The monoisotopic (exact) mass is 335 g/mol. The van der Waals surface area contributed by atoms with Gasteiger partial charge in [-0.2, -0.15) is 5.26 Å². The fraction of sp³-hybridized carbons (Fsp3) is 0.250. The number of thiazole rings is 1. The number of guanidine groups is 1. The average molecular weight is 335 g/mol. The van der Waals surface area contributed by atoms with Crippen molar-refractivity contribution in [2.75, 3.05) is 7.05 Å². The number of carbonyl (C=O) groups is 1. The molecule has 1 atom stereocenters. The van der Waals surface area contributed by atoms with Crippen LogP contribution < -0.4 is 11.2 Å². The molecule has 1 aliphatic rings. The van der Waals surface area contributed by atoms with Crippen molar-refractivity contribution in [1.82, 2.24) is 9.88 Å². The van der Waals surface area contributed by atoms with E-state index in [0.717, 1.165) is 10.4 Å². The second-order valence-corrected chi connectivity index (χ2v) is 6.89. The van der Waals surface area contributed by atoms with Crippen LogP contribution >= 0.6 is 11.3 Å². The standard InChI is InChI=1S/C16H14BN5OS/c1-16(6-13(23)22(2)15(19)21-16)14-20-8-12(24-14)10-3-9(7-18)4-11(17)5-10/h3-5,8H,6H2,1-2H3,(H2,19,21)/t16-/m0/s1. The van der Waals surface area contributed by atoms with Gasteiger partial charge in [-0.15, -0.1) is 11.3 Å². The summed E-state index contributed by atoms with van der Waals surface area (Å²) < 4.78 is 0. The number of amides is 1. The zero-order valence-corrected chi connectivity index (χ0v) is 14.1. The minimum absolute atomic E-state index is 0.0996. The molecule has 2 heterocycles. The number of nitrogens with zero attached hydrogens (tertiary/aromatic N) is 4. The number of carbonyl (C=O) groups excluding carboxylic acids is 1. The normalized spacial score (nSPS) is 20.6. The Labute approximate surface area is 145 Å². The molecule has 0 saturated heterocycles. The third kappa shape index (κ3) is 2.79. The first kappa shape index (κ1) is 16.2. The maximum absolute atomic E-state index is 12.1. The zero-order valence-electron chi connectivity index (χ0n) is 13.3. The summed E-state index contributed by atoms with van der Waals surface area (Å²) in [5.41, 5.74) is 6.87. The molecule has 0 spiro atoms. The fourth-order valence-corrected chi connectivity index (χ4v) is 3.54. The molecule has 2 radical (unpaired) electrons. The van der Waals surface area contributed by atoms with E-state index in [1.54, 1.807) is 31.4 Å². The number of nitriles is 1. The summed E-state index contributed by atoms with van der Waals surface area (Å²) >= 11 is 1.42. The first-order chi connectivity index (χ1) is 11.3. The first-order valence-electron chi connectivity index (χ1n) is 7.21. The third-order valence-corrected chi connectivity index (χ3v) is 5.21. The van der Waals surface area contributed by atoms with E-state index < -0.39 is 5.54 Å². The molecule has 2 N–H and O–H groups in total. The Balaban J connectivity index is 2.01. The van der Waals surface area contributed by atoms with Gasteiger partial charge in [0.05, 0.1) is 22.9 Å². The largest absolute Gasteiger partial charge is 0.369 e. The molecule has 0 saturated carbocycles. The van der Waals surface area contributed by atoms with E-state index in [0.29, 0.717) is 16.0 Å². The SMILES string of the molecule is [B]c1cc(C#N)cc(-c2cnc([C@]3(C)CC(=O)N(C)C(N)=N3)s2)c1. The number of hydrogen-bond donors (Lipinski definition) is 1. The average Bonchev–Trinajstić information content (AvgIpc) is 3.03. The maximum Gasteiger partial charge on any atom is 0.231 e. The van der Waals surface area contributed by atoms with Crippen LogP contribution in [0.25, 0.3) is 10.4 Å². The number of benzene rings is 1. The van der Waals surface area contributed by atoms with Crippen molar-refractivity contribution >= 4 is 36.5 Å². The smallest absolute Gasteiger partial charge is 0.231 e. The summed E-state index contributed by atoms with van der Waals surface area (Å²) in [6, 6.07) is 7.25. The molecule has 24 heavy (non-hydrogen) atoms. The topological polar surface area (TPSA) is 95.4 Å². The molecule has 1 amide bonds. The van der Waals surface area contributed by atoms with Gasteiger partial charge < -0.3 is 5.73 Å². The van der Waals surface area contributed by atoms with E-state index in [9.17, 15) is 4.79 Å². The molecule has 8 heteroatoms. The van der Waals surface area contributed by atoms with Crippen LogP contribution in [-0.2, 0) is 10.3 Å². The highest BCUT2D eigenvalue weighted by molar-refractivity contribution is 7.15. The quantitative estimate of drug-likeness (QED) is 0.824. The van der Waals surface area contributed by atoms with E-state index >= 15 is 0 Å². The summed E-state index contributed by atoms with van der Waals surface area (Å²) in [7, 11) is 7.45. The van der Waals surface area contributed by atoms with Crippen molar-refractivity contribution in [3.05, 3.63) is 35.0 Å². The van der Waals surface area contributed by atoms with Crippen LogP contribution in [0, 0.1) is 11.3 Å². The second kappa shape index (κ2) is 5.76. The molecule has 6 nitrogen and oxygen atoms in total. The number of aliphatic imine (C=N–C) groups is 1. The Morgan fingerprint density at radius 2 is 2.21 bits per heavy atom. The van der Waals surface area contributed by atoms with Gasteiger partial charge in [-0.05, 0) is 18.6 Å². The number of hydrogen-bond acceptors (Lipinski definition) is 6. The molecular weight excluding hydrogens is 321 g/mol. The molecule has 1 aromatic heterocycles. The van der Waals surface area contributed by atoms with Gasteiger partial charge in [-0.3, -0.25) is 9.69 Å². The van der Waals surface area contributed by atoms with Crippen molar-refractivity contribution in [1.29, 1.82) is 5.26 Å². The van der Waals surface area contributed by atoms with Crippen molar-refractivity contribution in [2.45, 2.75) is 18.9 Å². The van der Waals surface area contributed by atoms with Gasteiger partial charge in [-0.25, -0.2) is 9.98 Å². The van der Waals surface area contributed by atoms with Gasteiger partial charge in [0.25, 0.3) is 0 Å². The second-order valence-electron chi connectivity index (χ2n) is 5.86. The highest BCUT2D eigenvalue weighted by Gasteiger charge is 2.38. The number of rotatable bonds is 2. The van der Waals surface area contributed by atoms with E-state index in [1.807, 2.05) is 6.92 Å². The zero-order chi connectivity index (χ0) is 17.5. The first-order valence-corrected chi connectivity index (χ1v) is 8.03. The van der Waals surface area contributed by atoms with Crippen LogP contribution in [0.1, 0.15) is 23.9 Å². The molecule has 118 valence electrons. The van der Waals surface area contributed by atoms with E-state index in [-0.39, 0.29) is 18.3 Å². The Kier molecular flexibility index (Phi) is 3.89. The molecule has 0 aliphatic carbocycles. The lowest BCUT2D eigenvalue weighted by Crippen LogP contribution is -2.47. The van der Waals surface area contributed by atoms with Crippen LogP contribution in [0.2, 0.25) is 0 Å².